The van der Waals surface area contributed by atoms with E-state index in [1.807, 2.05) is 60.7 Å². The lowest BCUT2D eigenvalue weighted by Gasteiger charge is -2.26. The molecule has 0 aromatic heterocycles. The van der Waals surface area contributed by atoms with Crippen LogP contribution in [-0.2, 0) is 20.9 Å². The van der Waals surface area contributed by atoms with Crippen LogP contribution in [0.4, 0.5) is 4.79 Å². The Balaban J connectivity index is 2.11. The fourth-order valence-corrected chi connectivity index (χ4v) is 3.17. The van der Waals surface area contributed by atoms with Gasteiger partial charge in [0.25, 0.3) is 0 Å². The zero-order valence-corrected chi connectivity index (χ0v) is 16.6. The first kappa shape index (κ1) is 21.5. The standard InChI is InChI=1S/C23H29NO4/c1-3-4-7-16-20(21(22(25)27-2)19-14-10-6-11-15-19)24-23(26)28-17-18-12-8-5-9-13-18/h5-6,8-15,20-21H,3-4,7,16-17H2,1-2H3,(H,24,26). The second-order valence-corrected chi connectivity index (χ2v) is 6.72. The van der Waals surface area contributed by atoms with Crippen LogP contribution in [-0.4, -0.2) is 25.2 Å². The van der Waals surface area contributed by atoms with Gasteiger partial charge < -0.3 is 14.8 Å². The normalized spacial score (nSPS) is 12.6. The van der Waals surface area contributed by atoms with E-state index in [0.717, 1.165) is 30.4 Å². The quantitative estimate of drug-likeness (QED) is 0.472. The lowest BCUT2D eigenvalue weighted by atomic mass is 9.88. The van der Waals surface area contributed by atoms with E-state index in [0.29, 0.717) is 6.42 Å². The molecule has 5 nitrogen and oxygen atoms in total. The molecule has 5 heteroatoms. The third-order valence-corrected chi connectivity index (χ3v) is 4.65. The predicted octanol–water partition coefficient (Wildman–Crippen LogP) is 4.82. The van der Waals surface area contributed by atoms with Crippen molar-refractivity contribution in [2.24, 2.45) is 0 Å². The summed E-state index contributed by atoms with van der Waals surface area (Å²) in [5, 5.41) is 2.90. The number of hydrogen-bond donors (Lipinski definition) is 1. The van der Waals surface area contributed by atoms with Crippen LogP contribution in [0.15, 0.2) is 60.7 Å². The molecule has 0 aliphatic heterocycles. The maximum Gasteiger partial charge on any atom is 0.407 e. The molecule has 0 saturated heterocycles. The van der Waals surface area contributed by atoms with Crippen LogP contribution in [0.3, 0.4) is 0 Å². The summed E-state index contributed by atoms with van der Waals surface area (Å²) in [5.41, 5.74) is 1.73. The molecule has 28 heavy (non-hydrogen) atoms. The molecule has 1 amide bonds. The number of unbranched alkanes of at least 4 members (excludes halogenated alkanes) is 2. The van der Waals surface area contributed by atoms with Crippen molar-refractivity contribution in [3.63, 3.8) is 0 Å². The van der Waals surface area contributed by atoms with Crippen molar-refractivity contribution in [3.05, 3.63) is 71.8 Å². The molecule has 0 aliphatic carbocycles. The van der Waals surface area contributed by atoms with E-state index in [1.54, 1.807) is 0 Å². The number of benzene rings is 2. The largest absolute Gasteiger partial charge is 0.468 e. The molecular weight excluding hydrogens is 354 g/mol. The van der Waals surface area contributed by atoms with Gasteiger partial charge in [0.15, 0.2) is 0 Å². The van der Waals surface area contributed by atoms with Crippen LogP contribution in [0, 0.1) is 0 Å². The molecule has 0 bridgehead atoms. The first-order valence-corrected chi connectivity index (χ1v) is 9.75. The molecule has 0 fully saturated rings. The molecule has 0 saturated carbocycles. The molecule has 0 aliphatic rings. The van der Waals surface area contributed by atoms with E-state index in [4.69, 9.17) is 9.47 Å². The fraction of sp³-hybridized carbons (Fsp3) is 0.391. The van der Waals surface area contributed by atoms with Crippen molar-refractivity contribution in [1.82, 2.24) is 5.32 Å². The van der Waals surface area contributed by atoms with Gasteiger partial charge in [0, 0.05) is 6.04 Å². The number of methoxy groups -OCH3 is 1. The topological polar surface area (TPSA) is 64.6 Å². The third kappa shape index (κ3) is 6.72. The third-order valence-electron chi connectivity index (χ3n) is 4.65. The average Bonchev–Trinajstić information content (AvgIpc) is 2.74. The van der Waals surface area contributed by atoms with Gasteiger partial charge in [0.2, 0.25) is 0 Å². The maximum atomic E-state index is 12.5. The minimum Gasteiger partial charge on any atom is -0.468 e. The summed E-state index contributed by atoms with van der Waals surface area (Å²) in [6.07, 6.45) is 3.12. The zero-order valence-electron chi connectivity index (χ0n) is 16.6. The van der Waals surface area contributed by atoms with E-state index in [9.17, 15) is 9.59 Å². The smallest absolute Gasteiger partial charge is 0.407 e. The molecule has 2 atom stereocenters. The van der Waals surface area contributed by atoms with Gasteiger partial charge in [-0.2, -0.15) is 0 Å². The minimum absolute atomic E-state index is 0.183. The number of ether oxygens (including phenoxy) is 2. The van der Waals surface area contributed by atoms with Gasteiger partial charge >= 0.3 is 12.1 Å². The van der Waals surface area contributed by atoms with E-state index in [1.165, 1.54) is 7.11 Å². The predicted molar refractivity (Wildman–Crippen MR) is 109 cm³/mol. The van der Waals surface area contributed by atoms with Gasteiger partial charge in [0.05, 0.1) is 7.11 Å². The van der Waals surface area contributed by atoms with Crippen molar-refractivity contribution in [2.45, 2.75) is 51.2 Å². The Morgan fingerprint density at radius 1 is 0.964 bits per heavy atom. The first-order valence-electron chi connectivity index (χ1n) is 9.75. The van der Waals surface area contributed by atoms with Crippen LogP contribution in [0.2, 0.25) is 0 Å². The molecule has 2 aromatic rings. The highest BCUT2D eigenvalue weighted by atomic mass is 16.5. The van der Waals surface area contributed by atoms with E-state index < -0.39 is 18.1 Å². The van der Waals surface area contributed by atoms with Crippen LogP contribution >= 0.6 is 0 Å². The van der Waals surface area contributed by atoms with Crippen LogP contribution in [0.1, 0.15) is 49.7 Å². The Morgan fingerprint density at radius 2 is 1.61 bits per heavy atom. The van der Waals surface area contributed by atoms with Crippen LogP contribution < -0.4 is 5.32 Å². The van der Waals surface area contributed by atoms with Crippen LogP contribution in [0.25, 0.3) is 0 Å². The Kier molecular flexibility index (Phi) is 9.05. The first-order chi connectivity index (χ1) is 13.7. The highest BCUT2D eigenvalue weighted by molar-refractivity contribution is 5.80. The molecule has 150 valence electrons. The molecule has 0 spiro atoms. The number of esters is 1. The van der Waals surface area contributed by atoms with Crippen molar-refractivity contribution >= 4 is 12.1 Å². The van der Waals surface area contributed by atoms with Gasteiger partial charge in [0.1, 0.15) is 12.5 Å². The molecular formula is C23H29NO4. The van der Waals surface area contributed by atoms with Crippen molar-refractivity contribution in [2.75, 3.05) is 7.11 Å². The molecule has 0 heterocycles. The average molecular weight is 383 g/mol. The monoisotopic (exact) mass is 383 g/mol. The van der Waals surface area contributed by atoms with Gasteiger partial charge in [-0.1, -0.05) is 86.8 Å². The number of amides is 1. The SMILES string of the molecule is CCCCCC(NC(=O)OCc1ccccc1)C(C(=O)OC)c1ccccc1. The van der Waals surface area contributed by atoms with E-state index >= 15 is 0 Å². The van der Waals surface area contributed by atoms with Crippen molar-refractivity contribution < 1.29 is 19.1 Å². The molecule has 2 unspecified atom stereocenters. The summed E-state index contributed by atoms with van der Waals surface area (Å²) < 4.78 is 10.4. The summed E-state index contributed by atoms with van der Waals surface area (Å²) in [6, 6.07) is 18.5. The fourth-order valence-electron chi connectivity index (χ4n) is 3.17. The van der Waals surface area contributed by atoms with E-state index in [-0.39, 0.29) is 12.6 Å². The van der Waals surface area contributed by atoms with Crippen molar-refractivity contribution in [1.29, 1.82) is 0 Å². The molecule has 1 N–H and O–H groups in total. The summed E-state index contributed by atoms with van der Waals surface area (Å²) in [5.74, 6) is -0.941. The lowest BCUT2D eigenvalue weighted by molar-refractivity contribution is -0.143. The number of carbonyl (C=O) groups is 2. The number of nitrogens with one attached hydrogen (secondary N) is 1. The van der Waals surface area contributed by atoms with E-state index in [2.05, 4.69) is 12.2 Å². The second kappa shape index (κ2) is 11.8. The van der Waals surface area contributed by atoms with Gasteiger partial charge in [-0.05, 0) is 17.5 Å². The Morgan fingerprint density at radius 3 is 2.21 bits per heavy atom. The lowest BCUT2D eigenvalue weighted by Crippen LogP contribution is -2.42. The Labute approximate surface area is 167 Å². The van der Waals surface area contributed by atoms with Gasteiger partial charge in [-0.15, -0.1) is 0 Å². The highest BCUT2D eigenvalue weighted by Crippen LogP contribution is 2.25. The second-order valence-electron chi connectivity index (χ2n) is 6.72. The van der Waals surface area contributed by atoms with Crippen molar-refractivity contribution in [3.8, 4) is 0 Å². The number of rotatable bonds is 10. The number of alkyl carbamates (subject to hydrolysis) is 1. The number of hydrogen-bond acceptors (Lipinski definition) is 4. The summed E-state index contributed by atoms with van der Waals surface area (Å²) in [6.45, 7) is 2.30. The Bertz CT molecular complexity index is 718. The summed E-state index contributed by atoms with van der Waals surface area (Å²) >= 11 is 0. The minimum atomic E-state index is -0.577. The molecule has 2 rings (SSSR count). The van der Waals surface area contributed by atoms with Gasteiger partial charge in [-0.3, -0.25) is 4.79 Å². The van der Waals surface area contributed by atoms with Crippen LogP contribution in [0.5, 0.6) is 0 Å². The molecule has 0 radical (unpaired) electrons. The number of carbonyl (C=O) groups excluding carboxylic acids is 2. The maximum absolute atomic E-state index is 12.5. The zero-order chi connectivity index (χ0) is 20.2. The van der Waals surface area contributed by atoms with Gasteiger partial charge in [-0.25, -0.2) is 4.79 Å². The Hall–Kier alpha value is -2.82. The highest BCUT2D eigenvalue weighted by Gasteiger charge is 2.32. The summed E-state index contributed by atoms with van der Waals surface area (Å²) in [4.78, 5) is 25.0. The molecule has 2 aromatic carbocycles. The summed E-state index contributed by atoms with van der Waals surface area (Å²) in [7, 11) is 1.37.